The van der Waals surface area contributed by atoms with Crippen LogP contribution in [-0.2, 0) is 17.4 Å². The first-order chi connectivity index (χ1) is 13.2. The van der Waals surface area contributed by atoms with Crippen LogP contribution in [0.2, 0.25) is 0 Å². The Hall–Kier alpha value is -3.50. The number of hydrogen-bond acceptors (Lipinski definition) is 6. The van der Waals surface area contributed by atoms with Crippen LogP contribution in [-0.4, -0.2) is 25.1 Å². The summed E-state index contributed by atoms with van der Waals surface area (Å²) in [5, 5.41) is 11.0. The van der Waals surface area contributed by atoms with Crippen molar-refractivity contribution in [1.29, 1.82) is 0 Å². The number of nitro groups is 1. The monoisotopic (exact) mass is 399 g/mol. The van der Waals surface area contributed by atoms with Gasteiger partial charge in [0.15, 0.2) is 11.5 Å². The Morgan fingerprint density at radius 2 is 1.79 bits per heavy atom. The van der Waals surface area contributed by atoms with Gasteiger partial charge in [-0.05, 0) is 29.8 Å². The molecule has 0 radical (unpaired) electrons. The number of carbonyl (C=O) groups excluding carboxylic acids is 1. The first kappa shape index (κ1) is 20.8. The second-order valence-corrected chi connectivity index (χ2v) is 5.53. The standard InChI is InChI=1S/C17H16F3N3O5/c1-27-14-6-3-10(7-15(14)28-2)8-16(24)22-21-12-5-4-11(17(18,19)20)9-13(12)23(25)26/h3-7,9,21H,8H2,1-2H3,(H,22,24). The minimum absolute atomic E-state index is 0.109. The van der Waals surface area contributed by atoms with Crippen molar-refractivity contribution in [3.05, 3.63) is 57.6 Å². The van der Waals surface area contributed by atoms with Crippen LogP contribution in [0.15, 0.2) is 36.4 Å². The largest absolute Gasteiger partial charge is 0.493 e. The summed E-state index contributed by atoms with van der Waals surface area (Å²) in [6.45, 7) is 0. The Morgan fingerprint density at radius 1 is 1.11 bits per heavy atom. The number of nitrogens with one attached hydrogen (secondary N) is 2. The van der Waals surface area contributed by atoms with Gasteiger partial charge in [0.05, 0.1) is 31.1 Å². The van der Waals surface area contributed by atoms with E-state index >= 15 is 0 Å². The average Bonchev–Trinajstić information content (AvgIpc) is 2.65. The number of benzene rings is 2. The lowest BCUT2D eigenvalue weighted by Gasteiger charge is -2.12. The van der Waals surface area contributed by atoms with E-state index in [0.717, 1.165) is 6.07 Å². The highest BCUT2D eigenvalue weighted by Gasteiger charge is 2.33. The number of nitro benzene ring substituents is 1. The molecule has 28 heavy (non-hydrogen) atoms. The van der Waals surface area contributed by atoms with Gasteiger partial charge in [0.1, 0.15) is 5.69 Å². The first-order valence-corrected chi connectivity index (χ1v) is 7.77. The third kappa shape index (κ3) is 5.02. The number of anilines is 1. The molecule has 0 atom stereocenters. The van der Waals surface area contributed by atoms with Crippen molar-refractivity contribution in [2.75, 3.05) is 19.6 Å². The van der Waals surface area contributed by atoms with Gasteiger partial charge in [-0.1, -0.05) is 6.07 Å². The lowest BCUT2D eigenvalue weighted by atomic mass is 10.1. The molecule has 0 aliphatic carbocycles. The number of carbonyl (C=O) groups is 1. The Kier molecular flexibility index (Phi) is 6.29. The molecule has 0 aromatic heterocycles. The van der Waals surface area contributed by atoms with Crippen LogP contribution < -0.4 is 20.3 Å². The fraction of sp³-hybridized carbons (Fsp3) is 0.235. The molecule has 8 nitrogen and oxygen atoms in total. The maximum absolute atomic E-state index is 12.7. The van der Waals surface area contributed by atoms with E-state index in [9.17, 15) is 28.1 Å². The van der Waals surface area contributed by atoms with E-state index in [4.69, 9.17) is 9.47 Å². The number of hydrogen-bond donors (Lipinski definition) is 2. The minimum atomic E-state index is -4.72. The molecule has 0 spiro atoms. The van der Waals surface area contributed by atoms with Gasteiger partial charge in [0.25, 0.3) is 5.69 Å². The van der Waals surface area contributed by atoms with Gasteiger partial charge in [-0.25, -0.2) is 0 Å². The zero-order chi connectivity index (χ0) is 20.9. The molecular weight excluding hydrogens is 383 g/mol. The predicted octanol–water partition coefficient (Wildman–Crippen LogP) is 3.32. The number of hydrazine groups is 1. The maximum atomic E-state index is 12.7. The zero-order valence-corrected chi connectivity index (χ0v) is 14.8. The van der Waals surface area contributed by atoms with Gasteiger partial charge >= 0.3 is 6.18 Å². The van der Waals surface area contributed by atoms with E-state index in [0.29, 0.717) is 29.2 Å². The molecule has 0 saturated heterocycles. The molecule has 2 aromatic carbocycles. The number of methoxy groups -OCH3 is 2. The molecule has 2 rings (SSSR count). The van der Waals surface area contributed by atoms with Gasteiger partial charge in [-0.3, -0.25) is 25.8 Å². The van der Waals surface area contributed by atoms with Crippen molar-refractivity contribution >= 4 is 17.3 Å². The number of nitrogens with zero attached hydrogens (tertiary/aromatic N) is 1. The molecule has 2 aromatic rings. The lowest BCUT2D eigenvalue weighted by Crippen LogP contribution is -2.31. The summed E-state index contributed by atoms with van der Waals surface area (Å²) in [5.74, 6) is 0.325. The van der Waals surface area contributed by atoms with E-state index in [-0.39, 0.29) is 12.1 Å². The van der Waals surface area contributed by atoms with Crippen LogP contribution in [0.4, 0.5) is 24.5 Å². The van der Waals surface area contributed by atoms with Gasteiger partial charge in [-0.15, -0.1) is 0 Å². The first-order valence-electron chi connectivity index (χ1n) is 7.77. The van der Waals surface area contributed by atoms with E-state index in [1.807, 2.05) is 0 Å². The van der Waals surface area contributed by atoms with Crippen molar-refractivity contribution in [2.45, 2.75) is 12.6 Å². The maximum Gasteiger partial charge on any atom is 0.416 e. The number of halogens is 3. The van der Waals surface area contributed by atoms with E-state index in [1.165, 1.54) is 14.2 Å². The fourth-order valence-corrected chi connectivity index (χ4v) is 2.32. The Morgan fingerprint density at radius 3 is 2.36 bits per heavy atom. The minimum Gasteiger partial charge on any atom is -0.493 e. The summed E-state index contributed by atoms with van der Waals surface area (Å²) in [6, 6.07) is 6.76. The van der Waals surface area contributed by atoms with E-state index < -0.39 is 28.3 Å². The topological polar surface area (TPSA) is 103 Å². The molecule has 0 unspecified atom stereocenters. The number of rotatable bonds is 7. The molecule has 1 amide bonds. The van der Waals surface area contributed by atoms with E-state index in [1.54, 1.807) is 18.2 Å². The molecule has 0 fully saturated rings. The normalized spacial score (nSPS) is 10.9. The Bertz CT molecular complexity index is 887. The summed E-state index contributed by atoms with van der Waals surface area (Å²) >= 11 is 0. The van der Waals surface area contributed by atoms with Gasteiger partial charge in [0, 0.05) is 6.07 Å². The van der Waals surface area contributed by atoms with Crippen molar-refractivity contribution in [2.24, 2.45) is 0 Å². The molecule has 0 bridgehead atoms. The van der Waals surface area contributed by atoms with Crippen LogP contribution >= 0.6 is 0 Å². The second kappa shape index (κ2) is 8.46. The van der Waals surface area contributed by atoms with Gasteiger partial charge < -0.3 is 9.47 Å². The van der Waals surface area contributed by atoms with Crippen LogP contribution in [0.3, 0.4) is 0 Å². The highest BCUT2D eigenvalue weighted by atomic mass is 19.4. The van der Waals surface area contributed by atoms with E-state index in [2.05, 4.69) is 10.9 Å². The second-order valence-electron chi connectivity index (χ2n) is 5.53. The number of amides is 1. The molecule has 0 saturated carbocycles. The van der Waals surface area contributed by atoms with Gasteiger partial charge in [0.2, 0.25) is 5.91 Å². The van der Waals surface area contributed by atoms with Crippen LogP contribution in [0.1, 0.15) is 11.1 Å². The summed E-state index contributed by atoms with van der Waals surface area (Å²) in [7, 11) is 2.90. The summed E-state index contributed by atoms with van der Waals surface area (Å²) in [4.78, 5) is 22.1. The van der Waals surface area contributed by atoms with Crippen LogP contribution in [0, 0.1) is 10.1 Å². The molecule has 0 heterocycles. The number of alkyl halides is 3. The van der Waals surface area contributed by atoms with Crippen molar-refractivity contribution < 1.29 is 32.4 Å². The Balaban J connectivity index is 2.09. The quantitative estimate of drug-likeness (QED) is 0.547. The molecule has 0 aliphatic heterocycles. The van der Waals surface area contributed by atoms with Crippen molar-refractivity contribution in [3.63, 3.8) is 0 Å². The third-order valence-corrected chi connectivity index (χ3v) is 3.67. The summed E-state index contributed by atoms with van der Waals surface area (Å²) in [6.07, 6.45) is -4.83. The smallest absolute Gasteiger partial charge is 0.416 e. The molecular formula is C17H16F3N3O5. The Labute approximate surface area is 157 Å². The highest BCUT2D eigenvalue weighted by Crippen LogP contribution is 2.34. The molecule has 11 heteroatoms. The SMILES string of the molecule is COc1ccc(CC(=O)NNc2ccc(C(F)(F)F)cc2[N+](=O)[O-])cc1OC. The van der Waals surface area contributed by atoms with Crippen molar-refractivity contribution in [1.82, 2.24) is 5.43 Å². The average molecular weight is 399 g/mol. The lowest BCUT2D eigenvalue weighted by molar-refractivity contribution is -0.384. The third-order valence-electron chi connectivity index (χ3n) is 3.67. The molecule has 2 N–H and O–H groups in total. The van der Waals surface area contributed by atoms with Crippen LogP contribution in [0.25, 0.3) is 0 Å². The fourth-order valence-electron chi connectivity index (χ4n) is 2.32. The number of ether oxygens (including phenoxy) is 2. The molecule has 150 valence electrons. The van der Waals surface area contributed by atoms with Crippen LogP contribution in [0.5, 0.6) is 11.5 Å². The summed E-state index contributed by atoms with van der Waals surface area (Å²) in [5.41, 5.74) is 2.81. The summed E-state index contributed by atoms with van der Waals surface area (Å²) < 4.78 is 48.3. The highest BCUT2D eigenvalue weighted by molar-refractivity contribution is 5.81. The molecule has 0 aliphatic rings. The van der Waals surface area contributed by atoms with Crippen molar-refractivity contribution in [3.8, 4) is 11.5 Å². The zero-order valence-electron chi connectivity index (χ0n) is 14.8. The predicted molar refractivity (Wildman–Crippen MR) is 93.1 cm³/mol. The van der Waals surface area contributed by atoms with Gasteiger partial charge in [-0.2, -0.15) is 13.2 Å².